The molecule has 2 aromatic rings. The summed E-state index contributed by atoms with van der Waals surface area (Å²) in [6.07, 6.45) is 5.81. The number of nitrogens with zero attached hydrogens (tertiary/aromatic N) is 2. The minimum atomic E-state index is -3.78. The van der Waals surface area contributed by atoms with Crippen LogP contribution >= 0.6 is 0 Å². The van der Waals surface area contributed by atoms with Gasteiger partial charge >= 0.3 is 11.8 Å². The summed E-state index contributed by atoms with van der Waals surface area (Å²) in [6.45, 7) is 0.905. The highest BCUT2D eigenvalue weighted by Crippen LogP contribution is 2.28. The van der Waals surface area contributed by atoms with Gasteiger partial charge in [0.25, 0.3) is 0 Å². The summed E-state index contributed by atoms with van der Waals surface area (Å²) < 4.78 is 26.3. The Morgan fingerprint density at radius 1 is 1.04 bits per heavy atom. The van der Waals surface area contributed by atoms with Crippen LogP contribution in [0.1, 0.15) is 30.1 Å². The van der Waals surface area contributed by atoms with Crippen molar-refractivity contribution in [2.75, 3.05) is 19.6 Å². The molecule has 1 aromatic heterocycles. The fourth-order valence-electron chi connectivity index (χ4n) is 3.25. The minimum Gasteiger partial charge on any atom is -0.346 e. The number of nitrogens with one attached hydrogen (secondary N) is 1. The first-order valence-electron chi connectivity index (χ1n) is 9.26. The van der Waals surface area contributed by atoms with Gasteiger partial charge in [-0.3, -0.25) is 14.6 Å². The summed E-state index contributed by atoms with van der Waals surface area (Å²) in [5.41, 5.74) is 0.456. The van der Waals surface area contributed by atoms with Gasteiger partial charge in [0.15, 0.2) is 9.84 Å². The van der Waals surface area contributed by atoms with E-state index in [0.717, 1.165) is 19.3 Å². The molecule has 2 heterocycles. The lowest BCUT2D eigenvalue weighted by Gasteiger charge is -2.26. The van der Waals surface area contributed by atoms with E-state index in [1.807, 2.05) is 0 Å². The quantitative estimate of drug-likeness (QED) is 0.770. The van der Waals surface area contributed by atoms with Crippen molar-refractivity contribution < 1.29 is 18.0 Å². The van der Waals surface area contributed by atoms with Gasteiger partial charge in [0.2, 0.25) is 0 Å². The van der Waals surface area contributed by atoms with Crippen molar-refractivity contribution in [1.29, 1.82) is 0 Å². The van der Waals surface area contributed by atoms with Gasteiger partial charge in [-0.2, -0.15) is 0 Å². The summed E-state index contributed by atoms with van der Waals surface area (Å²) in [6, 6.07) is 11.3. The number of hydrogen-bond acceptors (Lipinski definition) is 5. The standard InChI is InChI=1S/C20H23N3O4S/c24-19(20(25)23-12-5-2-6-13-23)22-15-18(16-8-7-11-21-14-16)28(26,27)17-9-3-1-4-10-17/h1,3-4,7-11,14,18H,2,5-6,12-13,15H2,(H,22,24)/t18-/m1/s1. The first-order valence-corrected chi connectivity index (χ1v) is 10.8. The molecule has 1 aliphatic rings. The van der Waals surface area contributed by atoms with Gasteiger partial charge < -0.3 is 10.2 Å². The van der Waals surface area contributed by atoms with Gasteiger partial charge in [-0.25, -0.2) is 8.42 Å². The van der Waals surface area contributed by atoms with Gasteiger partial charge in [0.05, 0.1) is 4.90 Å². The number of rotatable bonds is 5. The van der Waals surface area contributed by atoms with Gasteiger partial charge in [-0.15, -0.1) is 0 Å². The van der Waals surface area contributed by atoms with Crippen molar-refractivity contribution in [1.82, 2.24) is 15.2 Å². The average Bonchev–Trinajstić information content (AvgIpc) is 2.75. The van der Waals surface area contributed by atoms with E-state index in [-0.39, 0.29) is 11.4 Å². The fraction of sp³-hybridized carbons (Fsp3) is 0.350. The summed E-state index contributed by atoms with van der Waals surface area (Å²) >= 11 is 0. The molecule has 1 N–H and O–H groups in total. The summed E-state index contributed by atoms with van der Waals surface area (Å²) in [5, 5.41) is 1.48. The minimum absolute atomic E-state index is 0.153. The molecule has 0 aliphatic carbocycles. The second-order valence-corrected chi connectivity index (χ2v) is 8.83. The van der Waals surface area contributed by atoms with E-state index >= 15 is 0 Å². The Morgan fingerprint density at radius 2 is 1.75 bits per heavy atom. The van der Waals surface area contributed by atoms with Gasteiger partial charge in [-0.1, -0.05) is 24.3 Å². The molecule has 1 fully saturated rings. The van der Waals surface area contributed by atoms with Crippen molar-refractivity contribution in [3.05, 3.63) is 60.4 Å². The molecule has 7 nitrogen and oxygen atoms in total. The fourth-order valence-corrected chi connectivity index (χ4v) is 4.91. The molecule has 28 heavy (non-hydrogen) atoms. The van der Waals surface area contributed by atoms with Crippen LogP contribution in [0.15, 0.2) is 59.8 Å². The van der Waals surface area contributed by atoms with E-state index < -0.39 is 26.9 Å². The largest absolute Gasteiger partial charge is 0.346 e. The maximum absolute atomic E-state index is 13.1. The van der Waals surface area contributed by atoms with E-state index in [1.165, 1.54) is 23.2 Å². The average molecular weight is 401 g/mol. The normalized spacial score (nSPS) is 15.6. The number of aromatic nitrogens is 1. The van der Waals surface area contributed by atoms with Crippen LogP contribution in [0.5, 0.6) is 0 Å². The lowest BCUT2D eigenvalue weighted by molar-refractivity contribution is -0.146. The Kier molecular flexibility index (Phi) is 6.41. The molecule has 0 saturated carbocycles. The van der Waals surface area contributed by atoms with E-state index in [1.54, 1.807) is 36.5 Å². The number of sulfone groups is 1. The zero-order chi connectivity index (χ0) is 20.0. The molecule has 2 amide bonds. The lowest BCUT2D eigenvalue weighted by atomic mass is 10.1. The van der Waals surface area contributed by atoms with E-state index in [0.29, 0.717) is 18.7 Å². The number of carbonyl (C=O) groups excluding carboxylic acids is 2. The Balaban J connectivity index is 1.79. The number of pyridine rings is 1. The van der Waals surface area contributed by atoms with Crippen molar-refractivity contribution in [2.24, 2.45) is 0 Å². The maximum Gasteiger partial charge on any atom is 0.311 e. The maximum atomic E-state index is 13.1. The van der Waals surface area contributed by atoms with E-state index in [4.69, 9.17) is 0 Å². The Hall–Kier alpha value is -2.74. The number of benzene rings is 1. The molecule has 1 aromatic carbocycles. The zero-order valence-electron chi connectivity index (χ0n) is 15.5. The highest BCUT2D eigenvalue weighted by atomic mass is 32.2. The molecule has 1 aliphatic heterocycles. The summed E-state index contributed by atoms with van der Waals surface area (Å²) in [5.74, 6) is -1.39. The molecule has 0 radical (unpaired) electrons. The molecule has 1 atom stereocenters. The third kappa shape index (κ3) is 4.56. The third-order valence-electron chi connectivity index (χ3n) is 4.79. The molecule has 148 valence electrons. The van der Waals surface area contributed by atoms with Gasteiger partial charge in [0, 0.05) is 32.0 Å². The van der Waals surface area contributed by atoms with Crippen LogP contribution in [0.25, 0.3) is 0 Å². The molecule has 0 bridgehead atoms. The number of hydrogen-bond donors (Lipinski definition) is 1. The Labute approximate surface area is 164 Å². The van der Waals surface area contributed by atoms with Crippen LogP contribution in [-0.4, -0.2) is 49.8 Å². The lowest BCUT2D eigenvalue weighted by Crippen LogP contribution is -2.46. The van der Waals surface area contributed by atoms with Crippen LogP contribution < -0.4 is 5.32 Å². The summed E-state index contributed by atoms with van der Waals surface area (Å²) in [4.78, 5) is 30.3. The molecular formula is C20H23N3O4S. The van der Waals surface area contributed by atoms with Gasteiger partial charge in [0.1, 0.15) is 5.25 Å². The molecular weight excluding hydrogens is 378 g/mol. The predicted molar refractivity (Wildman–Crippen MR) is 104 cm³/mol. The third-order valence-corrected chi connectivity index (χ3v) is 6.91. The van der Waals surface area contributed by atoms with Crippen LogP contribution in [-0.2, 0) is 19.4 Å². The molecule has 1 saturated heterocycles. The number of likely N-dealkylation sites (tertiary alicyclic amines) is 1. The second-order valence-electron chi connectivity index (χ2n) is 6.70. The molecule has 8 heteroatoms. The van der Waals surface area contributed by atoms with Crippen molar-refractivity contribution in [3.63, 3.8) is 0 Å². The van der Waals surface area contributed by atoms with Crippen LogP contribution in [0.2, 0.25) is 0 Å². The van der Waals surface area contributed by atoms with E-state index in [2.05, 4.69) is 10.3 Å². The van der Waals surface area contributed by atoms with Crippen LogP contribution in [0.3, 0.4) is 0 Å². The SMILES string of the molecule is O=C(NC[C@H](c1cccnc1)S(=O)(=O)c1ccccc1)C(=O)N1CCCCC1. The highest BCUT2D eigenvalue weighted by molar-refractivity contribution is 7.91. The van der Waals surface area contributed by atoms with Crippen molar-refractivity contribution in [3.8, 4) is 0 Å². The molecule has 3 rings (SSSR count). The smallest absolute Gasteiger partial charge is 0.311 e. The first-order chi connectivity index (χ1) is 13.5. The topological polar surface area (TPSA) is 96.4 Å². The number of piperidine rings is 1. The Morgan fingerprint density at radius 3 is 2.39 bits per heavy atom. The van der Waals surface area contributed by atoms with Crippen molar-refractivity contribution in [2.45, 2.75) is 29.4 Å². The van der Waals surface area contributed by atoms with Crippen LogP contribution in [0.4, 0.5) is 0 Å². The molecule has 0 spiro atoms. The van der Waals surface area contributed by atoms with Crippen LogP contribution in [0, 0.1) is 0 Å². The monoisotopic (exact) mass is 401 g/mol. The van der Waals surface area contributed by atoms with Gasteiger partial charge in [-0.05, 0) is 43.0 Å². The number of carbonyl (C=O) groups is 2. The molecule has 0 unspecified atom stereocenters. The number of amides is 2. The Bertz CT molecular complexity index is 911. The predicted octanol–water partition coefficient (Wildman–Crippen LogP) is 1.73. The second kappa shape index (κ2) is 8.97. The van der Waals surface area contributed by atoms with E-state index in [9.17, 15) is 18.0 Å². The first kappa shape index (κ1) is 20.0. The summed E-state index contributed by atoms with van der Waals surface area (Å²) in [7, 11) is -3.78. The zero-order valence-corrected chi connectivity index (χ0v) is 16.3. The highest BCUT2D eigenvalue weighted by Gasteiger charge is 2.31. The van der Waals surface area contributed by atoms with Crippen molar-refractivity contribution >= 4 is 21.7 Å².